The van der Waals surface area contributed by atoms with E-state index in [-0.39, 0.29) is 18.3 Å². The van der Waals surface area contributed by atoms with Crippen LogP contribution in [0.25, 0.3) is 0 Å². The van der Waals surface area contributed by atoms with E-state index in [4.69, 9.17) is 10.5 Å². The summed E-state index contributed by atoms with van der Waals surface area (Å²) in [6.45, 7) is 3.58. The van der Waals surface area contributed by atoms with Gasteiger partial charge in [-0.1, -0.05) is 0 Å². The zero-order chi connectivity index (χ0) is 9.94. The first-order valence-electron chi connectivity index (χ1n) is 3.85. The average Bonchev–Trinajstić information content (AvgIpc) is 2.01. The number of halogens is 1. The highest BCUT2D eigenvalue weighted by atomic mass is 35.5. The molecule has 0 aromatic carbocycles. The maximum Gasteiger partial charge on any atom is 0.241 e. The van der Waals surface area contributed by atoms with Crippen LogP contribution in [0.1, 0.15) is 13.8 Å². The Hall–Kier alpha value is -0.320. The van der Waals surface area contributed by atoms with Crippen LogP contribution in [0.2, 0.25) is 0 Å². The van der Waals surface area contributed by atoms with Crippen molar-refractivity contribution in [3.05, 3.63) is 0 Å². The summed E-state index contributed by atoms with van der Waals surface area (Å²) in [7, 11) is 4.89. The number of amides is 1. The Bertz CT molecular complexity index is 172. The fraction of sp³-hybridized carbons (Fsp3) is 0.875. The van der Waals surface area contributed by atoms with Gasteiger partial charge in [0.25, 0.3) is 0 Å². The summed E-state index contributed by atoms with van der Waals surface area (Å²) >= 11 is 0. The Morgan fingerprint density at radius 3 is 2.08 bits per heavy atom. The van der Waals surface area contributed by atoms with E-state index in [9.17, 15) is 4.79 Å². The van der Waals surface area contributed by atoms with Crippen molar-refractivity contribution in [1.29, 1.82) is 0 Å². The number of ether oxygens (including phenoxy) is 1. The first-order chi connectivity index (χ1) is 5.33. The van der Waals surface area contributed by atoms with E-state index in [0.29, 0.717) is 0 Å². The maximum atomic E-state index is 11.4. The van der Waals surface area contributed by atoms with Gasteiger partial charge >= 0.3 is 0 Å². The molecule has 1 atom stereocenters. The minimum Gasteiger partial charge on any atom is -0.377 e. The van der Waals surface area contributed by atoms with E-state index >= 15 is 0 Å². The second-order valence-corrected chi connectivity index (χ2v) is 3.52. The average molecular weight is 211 g/mol. The molecule has 0 aromatic heterocycles. The number of nitrogens with zero attached hydrogens (tertiary/aromatic N) is 1. The summed E-state index contributed by atoms with van der Waals surface area (Å²) in [5.41, 5.74) is 5.08. The van der Waals surface area contributed by atoms with E-state index in [2.05, 4.69) is 0 Å². The number of carbonyl (C=O) groups excluding carboxylic acids is 1. The quantitative estimate of drug-likeness (QED) is 0.727. The van der Waals surface area contributed by atoms with E-state index < -0.39 is 11.6 Å². The summed E-state index contributed by atoms with van der Waals surface area (Å²) in [6.07, 6.45) is 0. The largest absolute Gasteiger partial charge is 0.377 e. The van der Waals surface area contributed by atoms with E-state index in [1.54, 1.807) is 35.1 Å². The van der Waals surface area contributed by atoms with Gasteiger partial charge in [0.15, 0.2) is 0 Å². The Morgan fingerprint density at radius 1 is 1.46 bits per heavy atom. The molecule has 0 radical (unpaired) electrons. The lowest BCUT2D eigenvalue weighted by atomic mass is 9.98. The van der Waals surface area contributed by atoms with Crippen LogP contribution in [0.5, 0.6) is 0 Å². The molecule has 0 fully saturated rings. The monoisotopic (exact) mass is 210 g/mol. The highest BCUT2D eigenvalue weighted by molar-refractivity contribution is 5.85. The van der Waals surface area contributed by atoms with Crippen LogP contribution < -0.4 is 5.73 Å². The Labute approximate surface area is 85.8 Å². The van der Waals surface area contributed by atoms with Crippen LogP contribution in [-0.2, 0) is 9.53 Å². The molecule has 0 rings (SSSR count). The summed E-state index contributed by atoms with van der Waals surface area (Å²) in [4.78, 5) is 12.8. The third kappa shape index (κ3) is 3.93. The smallest absolute Gasteiger partial charge is 0.241 e. The zero-order valence-corrected chi connectivity index (χ0v) is 9.64. The second-order valence-electron chi connectivity index (χ2n) is 3.52. The summed E-state index contributed by atoms with van der Waals surface area (Å²) in [5.74, 6) is -0.123. The molecule has 0 unspecified atom stereocenters. The van der Waals surface area contributed by atoms with Crippen LogP contribution in [0.15, 0.2) is 0 Å². The lowest BCUT2D eigenvalue weighted by molar-refractivity contribution is -0.136. The minimum atomic E-state index is -0.613. The van der Waals surface area contributed by atoms with Crippen molar-refractivity contribution in [2.45, 2.75) is 25.5 Å². The third-order valence-electron chi connectivity index (χ3n) is 1.98. The third-order valence-corrected chi connectivity index (χ3v) is 1.98. The highest BCUT2D eigenvalue weighted by Gasteiger charge is 2.32. The first-order valence-corrected chi connectivity index (χ1v) is 3.85. The standard InChI is InChI=1S/C8H18N2O2.ClH/c1-8(2,12-5)6(9)7(11)10(3)4;/h6H,9H2,1-5H3;1H/t6-;/m1./s1. The molecule has 80 valence electrons. The van der Waals surface area contributed by atoms with Gasteiger partial charge in [-0.05, 0) is 13.8 Å². The molecule has 5 heteroatoms. The van der Waals surface area contributed by atoms with Crippen molar-refractivity contribution in [2.24, 2.45) is 5.73 Å². The van der Waals surface area contributed by atoms with Gasteiger partial charge in [0.1, 0.15) is 6.04 Å². The molecular weight excluding hydrogens is 192 g/mol. The van der Waals surface area contributed by atoms with Gasteiger partial charge in [0, 0.05) is 21.2 Å². The van der Waals surface area contributed by atoms with Gasteiger partial charge in [-0.2, -0.15) is 0 Å². The van der Waals surface area contributed by atoms with Crippen LogP contribution in [0.4, 0.5) is 0 Å². The van der Waals surface area contributed by atoms with Crippen molar-refractivity contribution < 1.29 is 9.53 Å². The van der Waals surface area contributed by atoms with Gasteiger partial charge in [-0.25, -0.2) is 0 Å². The molecule has 0 aliphatic heterocycles. The van der Waals surface area contributed by atoms with Gasteiger partial charge in [0.05, 0.1) is 5.60 Å². The molecule has 4 nitrogen and oxygen atoms in total. The van der Waals surface area contributed by atoms with Crippen molar-refractivity contribution in [2.75, 3.05) is 21.2 Å². The molecule has 0 saturated carbocycles. The molecule has 0 saturated heterocycles. The molecule has 0 bridgehead atoms. The molecule has 13 heavy (non-hydrogen) atoms. The Morgan fingerprint density at radius 2 is 1.85 bits per heavy atom. The number of nitrogens with two attached hydrogens (primary N) is 1. The van der Waals surface area contributed by atoms with E-state index in [0.717, 1.165) is 0 Å². The van der Waals surface area contributed by atoms with E-state index in [1.165, 1.54) is 4.90 Å². The SMILES string of the molecule is COC(C)(C)[C@H](N)C(=O)N(C)C.Cl. The molecular formula is C8H19ClN2O2. The summed E-state index contributed by atoms with van der Waals surface area (Å²) < 4.78 is 5.10. The Balaban J connectivity index is 0. The van der Waals surface area contributed by atoms with Crippen LogP contribution >= 0.6 is 12.4 Å². The number of carbonyl (C=O) groups is 1. The molecule has 0 aliphatic rings. The molecule has 0 heterocycles. The first kappa shape index (κ1) is 15.2. The van der Waals surface area contributed by atoms with Crippen molar-refractivity contribution in [3.63, 3.8) is 0 Å². The van der Waals surface area contributed by atoms with Crippen molar-refractivity contribution in [1.82, 2.24) is 4.90 Å². The molecule has 0 aliphatic carbocycles. The lowest BCUT2D eigenvalue weighted by Gasteiger charge is -2.30. The van der Waals surface area contributed by atoms with Gasteiger partial charge in [-0.15, -0.1) is 12.4 Å². The fourth-order valence-corrected chi connectivity index (χ4v) is 0.702. The van der Waals surface area contributed by atoms with Crippen LogP contribution in [0.3, 0.4) is 0 Å². The molecule has 1 amide bonds. The number of methoxy groups -OCH3 is 1. The predicted octanol–water partition coefficient (Wildman–Crippen LogP) is 0.249. The number of rotatable bonds is 3. The summed E-state index contributed by atoms with van der Waals surface area (Å²) in [5, 5.41) is 0. The molecule has 2 N–H and O–H groups in total. The number of hydrogen-bond acceptors (Lipinski definition) is 3. The maximum absolute atomic E-state index is 11.4. The topological polar surface area (TPSA) is 55.6 Å². The normalized spacial score (nSPS) is 13.1. The fourth-order valence-electron chi connectivity index (χ4n) is 0.702. The highest BCUT2D eigenvalue weighted by Crippen LogP contribution is 2.12. The Kier molecular flexibility index (Phi) is 6.32. The van der Waals surface area contributed by atoms with Crippen LogP contribution in [-0.4, -0.2) is 43.7 Å². The van der Waals surface area contributed by atoms with Gasteiger partial charge < -0.3 is 15.4 Å². The van der Waals surface area contributed by atoms with E-state index in [1.807, 2.05) is 0 Å². The summed E-state index contributed by atoms with van der Waals surface area (Å²) in [6, 6.07) is -0.613. The zero-order valence-electron chi connectivity index (χ0n) is 8.83. The number of likely N-dealkylation sites (N-methyl/N-ethyl adjacent to an activating group) is 1. The second kappa shape index (κ2) is 5.42. The lowest BCUT2D eigenvalue weighted by Crippen LogP contribution is -2.54. The molecule has 0 aromatic rings. The van der Waals surface area contributed by atoms with Gasteiger partial charge in [0.2, 0.25) is 5.91 Å². The van der Waals surface area contributed by atoms with Crippen molar-refractivity contribution >= 4 is 18.3 Å². The van der Waals surface area contributed by atoms with Crippen molar-refractivity contribution in [3.8, 4) is 0 Å². The molecule has 0 spiro atoms. The number of hydrogen-bond donors (Lipinski definition) is 1. The van der Waals surface area contributed by atoms with Crippen LogP contribution in [0, 0.1) is 0 Å². The van der Waals surface area contributed by atoms with Gasteiger partial charge in [-0.3, -0.25) is 4.79 Å². The minimum absolute atomic E-state index is 0. The predicted molar refractivity (Wildman–Crippen MR) is 55.0 cm³/mol.